The Labute approximate surface area is 133 Å². The van der Waals surface area contributed by atoms with E-state index in [1.165, 1.54) is 18.2 Å². The zero-order valence-electron chi connectivity index (χ0n) is 12.5. The minimum Gasteiger partial charge on any atom is -0.493 e. The summed E-state index contributed by atoms with van der Waals surface area (Å²) in [5.74, 6) is 1.04. The molecule has 0 aliphatic carbocycles. The van der Waals surface area contributed by atoms with E-state index in [1.807, 2.05) is 6.07 Å². The number of hydrogen-bond acceptors (Lipinski definition) is 3. The number of halogens is 1. The van der Waals surface area contributed by atoms with Gasteiger partial charge >= 0.3 is 0 Å². The molecule has 0 spiro atoms. The summed E-state index contributed by atoms with van der Waals surface area (Å²) >= 11 is 0. The maximum absolute atomic E-state index is 13.2. The molecular weight excluding hydrogens is 297 g/mol. The summed E-state index contributed by atoms with van der Waals surface area (Å²) in [5.41, 5.74) is 3.52. The molecule has 4 rings (SSSR count). The molecular formula is C18H16FNO3. The van der Waals surface area contributed by atoms with Gasteiger partial charge < -0.3 is 14.8 Å². The van der Waals surface area contributed by atoms with Crippen LogP contribution in [0.2, 0.25) is 0 Å². The third-order valence-electron chi connectivity index (χ3n) is 4.27. The fraction of sp³-hybridized carbons (Fsp3) is 0.278. The second-order valence-electron chi connectivity index (χ2n) is 5.71. The molecule has 0 fully saturated rings. The largest absolute Gasteiger partial charge is 0.493 e. The molecule has 0 unspecified atom stereocenters. The molecule has 23 heavy (non-hydrogen) atoms. The zero-order chi connectivity index (χ0) is 15.8. The van der Waals surface area contributed by atoms with E-state index < -0.39 is 5.82 Å². The van der Waals surface area contributed by atoms with Crippen LogP contribution < -0.4 is 14.8 Å². The van der Waals surface area contributed by atoms with Crippen molar-refractivity contribution in [3.05, 3.63) is 58.4 Å². The second-order valence-corrected chi connectivity index (χ2v) is 5.71. The molecule has 0 aromatic heterocycles. The Balaban J connectivity index is 1.59. The maximum atomic E-state index is 13.2. The van der Waals surface area contributed by atoms with Crippen molar-refractivity contribution < 1.29 is 18.7 Å². The molecule has 0 bridgehead atoms. The highest BCUT2D eigenvalue weighted by molar-refractivity contribution is 5.94. The lowest BCUT2D eigenvalue weighted by atomic mass is 9.99. The van der Waals surface area contributed by atoms with Crippen LogP contribution in [0, 0.1) is 5.82 Å². The molecule has 2 aliphatic heterocycles. The molecule has 0 radical (unpaired) electrons. The molecule has 0 atom stereocenters. The van der Waals surface area contributed by atoms with Gasteiger partial charge in [0, 0.05) is 41.6 Å². The van der Waals surface area contributed by atoms with Gasteiger partial charge in [0.25, 0.3) is 5.91 Å². The number of nitrogens with one attached hydrogen (secondary N) is 1. The van der Waals surface area contributed by atoms with Crippen LogP contribution >= 0.6 is 0 Å². The Kier molecular flexibility index (Phi) is 3.41. The van der Waals surface area contributed by atoms with Gasteiger partial charge in [-0.05, 0) is 24.3 Å². The fourth-order valence-corrected chi connectivity index (χ4v) is 3.17. The summed E-state index contributed by atoms with van der Waals surface area (Å²) in [6.45, 7) is 1.66. The van der Waals surface area contributed by atoms with Gasteiger partial charge in [0.15, 0.2) is 0 Å². The van der Waals surface area contributed by atoms with Crippen molar-refractivity contribution in [2.75, 3.05) is 13.2 Å². The Morgan fingerprint density at radius 2 is 2.04 bits per heavy atom. The van der Waals surface area contributed by atoms with Gasteiger partial charge in [0.1, 0.15) is 17.3 Å². The smallest absolute Gasteiger partial charge is 0.251 e. The predicted octanol–water partition coefficient (Wildman–Crippen LogP) is 2.63. The molecule has 5 heteroatoms. The summed E-state index contributed by atoms with van der Waals surface area (Å²) in [4.78, 5) is 12.2. The van der Waals surface area contributed by atoms with Crippen molar-refractivity contribution in [3.8, 4) is 11.5 Å². The van der Waals surface area contributed by atoms with Crippen LogP contribution in [0.4, 0.5) is 4.39 Å². The van der Waals surface area contributed by atoms with Gasteiger partial charge in [-0.2, -0.15) is 0 Å². The van der Waals surface area contributed by atoms with E-state index in [0.29, 0.717) is 25.3 Å². The number of fused-ring (bicyclic) bond motifs is 2. The van der Waals surface area contributed by atoms with Crippen molar-refractivity contribution in [2.24, 2.45) is 0 Å². The van der Waals surface area contributed by atoms with Crippen LogP contribution in [0.1, 0.15) is 27.0 Å². The fourth-order valence-electron chi connectivity index (χ4n) is 3.17. The number of benzene rings is 2. The van der Waals surface area contributed by atoms with Crippen molar-refractivity contribution in [3.63, 3.8) is 0 Å². The SMILES string of the molecule is O=C(NCc1c2c(cc3c1OCC3)OCC2)c1cccc(F)c1. The number of ether oxygens (including phenoxy) is 2. The second kappa shape index (κ2) is 5.57. The predicted molar refractivity (Wildman–Crippen MR) is 82.4 cm³/mol. The summed E-state index contributed by atoms with van der Waals surface area (Å²) < 4.78 is 24.6. The Bertz CT molecular complexity index is 756. The van der Waals surface area contributed by atoms with Crippen molar-refractivity contribution in [2.45, 2.75) is 19.4 Å². The topological polar surface area (TPSA) is 47.6 Å². The van der Waals surface area contributed by atoms with E-state index in [9.17, 15) is 9.18 Å². The van der Waals surface area contributed by atoms with Crippen LogP contribution in [0.15, 0.2) is 30.3 Å². The molecule has 1 N–H and O–H groups in total. The number of carbonyl (C=O) groups is 1. The molecule has 0 saturated carbocycles. The van der Waals surface area contributed by atoms with E-state index in [2.05, 4.69) is 5.32 Å². The van der Waals surface area contributed by atoms with Crippen LogP contribution in [-0.2, 0) is 19.4 Å². The Hall–Kier alpha value is -2.56. The minimum absolute atomic E-state index is 0.298. The molecule has 1 amide bonds. The first-order valence-corrected chi connectivity index (χ1v) is 7.69. The van der Waals surface area contributed by atoms with Crippen LogP contribution in [-0.4, -0.2) is 19.1 Å². The Morgan fingerprint density at radius 3 is 2.91 bits per heavy atom. The average molecular weight is 313 g/mol. The number of rotatable bonds is 3. The highest BCUT2D eigenvalue weighted by Crippen LogP contribution is 2.40. The first-order chi connectivity index (χ1) is 11.2. The molecule has 2 aromatic carbocycles. The monoisotopic (exact) mass is 313 g/mol. The van der Waals surface area contributed by atoms with E-state index in [4.69, 9.17) is 9.47 Å². The molecule has 4 nitrogen and oxygen atoms in total. The first kappa shape index (κ1) is 14.1. The molecule has 118 valence electrons. The van der Waals surface area contributed by atoms with Crippen LogP contribution in [0.5, 0.6) is 11.5 Å². The molecule has 2 aliphatic rings. The van der Waals surface area contributed by atoms with Gasteiger partial charge in [-0.3, -0.25) is 4.79 Å². The van der Waals surface area contributed by atoms with E-state index in [0.717, 1.165) is 41.0 Å². The van der Waals surface area contributed by atoms with Gasteiger partial charge in [-0.25, -0.2) is 4.39 Å². The highest BCUT2D eigenvalue weighted by atomic mass is 19.1. The normalized spacial score (nSPS) is 14.7. The van der Waals surface area contributed by atoms with E-state index in [1.54, 1.807) is 6.07 Å². The third kappa shape index (κ3) is 2.52. The third-order valence-corrected chi connectivity index (χ3v) is 4.27. The van der Waals surface area contributed by atoms with Crippen LogP contribution in [0.25, 0.3) is 0 Å². The van der Waals surface area contributed by atoms with E-state index >= 15 is 0 Å². The van der Waals surface area contributed by atoms with Gasteiger partial charge in [-0.1, -0.05) is 6.07 Å². The van der Waals surface area contributed by atoms with Crippen molar-refractivity contribution >= 4 is 5.91 Å². The maximum Gasteiger partial charge on any atom is 0.251 e. The van der Waals surface area contributed by atoms with Gasteiger partial charge in [0.2, 0.25) is 0 Å². The molecule has 0 saturated heterocycles. The van der Waals surface area contributed by atoms with Gasteiger partial charge in [-0.15, -0.1) is 0 Å². The highest BCUT2D eigenvalue weighted by Gasteiger charge is 2.26. The summed E-state index contributed by atoms with van der Waals surface area (Å²) in [6, 6.07) is 7.72. The zero-order valence-corrected chi connectivity index (χ0v) is 12.5. The standard InChI is InChI=1S/C18H16FNO3/c19-13-3-1-2-12(8-13)18(21)20-10-15-14-5-7-22-16(14)9-11-4-6-23-17(11)15/h1-3,8-9H,4-7,10H2,(H,20,21). The summed E-state index contributed by atoms with van der Waals surface area (Å²) in [5, 5.41) is 2.86. The quantitative estimate of drug-likeness (QED) is 0.947. The average Bonchev–Trinajstić information content (AvgIpc) is 3.19. The summed E-state index contributed by atoms with van der Waals surface area (Å²) in [6.07, 6.45) is 1.67. The molecule has 2 aromatic rings. The summed E-state index contributed by atoms with van der Waals surface area (Å²) in [7, 11) is 0. The van der Waals surface area contributed by atoms with Crippen LogP contribution in [0.3, 0.4) is 0 Å². The van der Waals surface area contributed by atoms with Crippen molar-refractivity contribution in [1.29, 1.82) is 0 Å². The lowest BCUT2D eigenvalue weighted by Crippen LogP contribution is -2.23. The Morgan fingerprint density at radius 1 is 1.17 bits per heavy atom. The van der Waals surface area contributed by atoms with Gasteiger partial charge in [0.05, 0.1) is 13.2 Å². The first-order valence-electron chi connectivity index (χ1n) is 7.69. The number of amides is 1. The van der Waals surface area contributed by atoms with Crippen molar-refractivity contribution in [1.82, 2.24) is 5.32 Å². The molecule has 2 heterocycles. The lowest BCUT2D eigenvalue weighted by Gasteiger charge is -2.13. The lowest BCUT2D eigenvalue weighted by molar-refractivity contribution is 0.0950. The minimum atomic E-state index is -0.420. The number of carbonyl (C=O) groups excluding carboxylic acids is 1. The number of hydrogen-bond donors (Lipinski definition) is 1. The van der Waals surface area contributed by atoms with E-state index in [-0.39, 0.29) is 5.91 Å².